The van der Waals surface area contributed by atoms with Gasteiger partial charge in [-0.15, -0.1) is 0 Å². The second kappa shape index (κ2) is 9.19. The molecule has 27 heavy (non-hydrogen) atoms. The van der Waals surface area contributed by atoms with Crippen LogP contribution < -0.4 is 10.6 Å². The predicted octanol–water partition coefficient (Wildman–Crippen LogP) is 3.70. The van der Waals surface area contributed by atoms with Crippen molar-refractivity contribution in [2.24, 2.45) is 0 Å². The van der Waals surface area contributed by atoms with E-state index in [1.807, 2.05) is 35.6 Å². The summed E-state index contributed by atoms with van der Waals surface area (Å²) >= 11 is 0. The normalized spacial score (nSPS) is 11.9. The van der Waals surface area contributed by atoms with Crippen molar-refractivity contribution in [2.45, 2.75) is 32.7 Å². The lowest BCUT2D eigenvalue weighted by Crippen LogP contribution is -2.87. The van der Waals surface area contributed by atoms with Crippen LogP contribution in [0.25, 0.3) is 0 Å². The summed E-state index contributed by atoms with van der Waals surface area (Å²) < 4.78 is 5.61. The average molecular weight is 363 g/mol. The average Bonchev–Trinajstić information content (AvgIpc) is 3.23. The summed E-state index contributed by atoms with van der Waals surface area (Å²) in [5.41, 5.74) is 4.43. The van der Waals surface area contributed by atoms with Gasteiger partial charge in [-0.2, -0.15) is 0 Å². The molecule has 0 saturated heterocycles. The van der Waals surface area contributed by atoms with Gasteiger partial charge in [0.15, 0.2) is 18.3 Å². The number of hydrogen-bond donors (Lipinski definition) is 2. The summed E-state index contributed by atoms with van der Waals surface area (Å²) in [5.74, 6) is 0.843. The molecule has 0 aliphatic rings. The second-order valence-corrected chi connectivity index (χ2v) is 6.55. The first-order chi connectivity index (χ1) is 13.2. The second-order valence-electron chi connectivity index (χ2n) is 6.55. The SMILES string of the molecule is CCc1cccc(CC)c1NC(=O)C[NH2+][C@@H](c1ccccc1)c1ccco1. The lowest BCUT2D eigenvalue weighted by molar-refractivity contribution is -0.678. The molecule has 3 rings (SSSR count). The number of quaternary nitrogens is 1. The molecule has 0 fully saturated rings. The van der Waals surface area contributed by atoms with Crippen LogP contribution >= 0.6 is 0 Å². The summed E-state index contributed by atoms with van der Waals surface area (Å²) in [7, 11) is 0. The summed E-state index contributed by atoms with van der Waals surface area (Å²) in [6, 6.07) is 20.1. The first-order valence-corrected chi connectivity index (χ1v) is 9.55. The maximum Gasteiger partial charge on any atom is 0.279 e. The first-order valence-electron chi connectivity index (χ1n) is 9.55. The number of aryl methyl sites for hydroxylation is 2. The van der Waals surface area contributed by atoms with Crippen molar-refractivity contribution < 1.29 is 14.5 Å². The number of para-hydroxylation sites is 1. The zero-order valence-electron chi connectivity index (χ0n) is 15.9. The third kappa shape index (κ3) is 4.66. The van der Waals surface area contributed by atoms with Crippen LogP contribution in [0.2, 0.25) is 0 Å². The zero-order valence-corrected chi connectivity index (χ0v) is 15.9. The Hall–Kier alpha value is -2.85. The van der Waals surface area contributed by atoms with Gasteiger partial charge in [-0.25, -0.2) is 0 Å². The van der Waals surface area contributed by atoms with Gasteiger partial charge in [0.1, 0.15) is 0 Å². The molecular weight excluding hydrogens is 336 g/mol. The Kier molecular flexibility index (Phi) is 6.44. The smallest absolute Gasteiger partial charge is 0.279 e. The molecule has 0 spiro atoms. The number of nitrogens with one attached hydrogen (secondary N) is 1. The minimum absolute atomic E-state index is 0.00177. The molecule has 1 heterocycles. The summed E-state index contributed by atoms with van der Waals surface area (Å²) in [4.78, 5) is 12.7. The van der Waals surface area contributed by atoms with Crippen LogP contribution in [0.3, 0.4) is 0 Å². The minimum atomic E-state index is -0.0426. The van der Waals surface area contributed by atoms with Crippen LogP contribution in [0.15, 0.2) is 71.3 Å². The Morgan fingerprint density at radius 3 is 2.26 bits per heavy atom. The standard InChI is InChI=1S/C23H26N2O2/c1-3-17-12-8-13-18(4-2)22(17)25-21(26)16-24-23(20-14-9-15-27-20)19-10-6-5-7-11-19/h5-15,23-24H,3-4,16H2,1-2H3,(H,25,26)/p+1/t23-/m0/s1. The van der Waals surface area contributed by atoms with Crippen molar-refractivity contribution in [2.75, 3.05) is 11.9 Å². The number of carbonyl (C=O) groups is 1. The van der Waals surface area contributed by atoms with E-state index in [9.17, 15) is 4.79 Å². The largest absolute Gasteiger partial charge is 0.463 e. The molecule has 1 aromatic heterocycles. The highest BCUT2D eigenvalue weighted by Crippen LogP contribution is 2.22. The Bertz CT molecular complexity index is 835. The molecule has 0 aliphatic heterocycles. The fourth-order valence-electron chi connectivity index (χ4n) is 3.36. The number of nitrogens with two attached hydrogens (primary N) is 1. The predicted molar refractivity (Wildman–Crippen MR) is 108 cm³/mol. The van der Waals surface area contributed by atoms with E-state index < -0.39 is 0 Å². The van der Waals surface area contributed by atoms with Gasteiger partial charge in [0, 0.05) is 11.3 Å². The third-order valence-electron chi connectivity index (χ3n) is 4.81. The molecule has 3 aromatic rings. The molecule has 1 amide bonds. The molecule has 3 N–H and O–H groups in total. The van der Waals surface area contributed by atoms with Gasteiger partial charge in [0.2, 0.25) is 0 Å². The number of benzene rings is 2. The van der Waals surface area contributed by atoms with Gasteiger partial charge >= 0.3 is 0 Å². The van der Waals surface area contributed by atoms with Gasteiger partial charge in [-0.05, 0) is 36.1 Å². The summed E-state index contributed by atoms with van der Waals surface area (Å²) in [5, 5.41) is 5.15. The number of anilines is 1. The van der Waals surface area contributed by atoms with Crippen LogP contribution in [0.5, 0.6) is 0 Å². The number of amides is 1. The number of carbonyl (C=O) groups excluding carboxylic acids is 1. The van der Waals surface area contributed by atoms with E-state index in [1.54, 1.807) is 6.26 Å². The Morgan fingerprint density at radius 2 is 1.67 bits per heavy atom. The molecule has 0 radical (unpaired) electrons. The van der Waals surface area contributed by atoms with Gasteiger partial charge in [0.05, 0.1) is 6.26 Å². The Labute approximate surface area is 160 Å². The molecule has 4 nitrogen and oxygen atoms in total. The lowest BCUT2D eigenvalue weighted by Gasteiger charge is -2.16. The Morgan fingerprint density at radius 1 is 0.963 bits per heavy atom. The third-order valence-corrected chi connectivity index (χ3v) is 4.81. The van der Waals surface area contributed by atoms with Crippen LogP contribution in [0.1, 0.15) is 42.3 Å². The fraction of sp³-hybridized carbons (Fsp3) is 0.261. The first kappa shape index (κ1) is 18.9. The minimum Gasteiger partial charge on any atom is -0.463 e. The van der Waals surface area contributed by atoms with Gasteiger partial charge in [0.25, 0.3) is 5.91 Å². The number of furan rings is 1. The highest BCUT2D eigenvalue weighted by molar-refractivity contribution is 5.93. The van der Waals surface area contributed by atoms with Crippen molar-refractivity contribution >= 4 is 11.6 Å². The molecule has 0 saturated carbocycles. The maximum absolute atomic E-state index is 12.7. The van der Waals surface area contributed by atoms with Crippen LogP contribution in [0, 0.1) is 0 Å². The van der Waals surface area contributed by atoms with Crippen LogP contribution in [0.4, 0.5) is 5.69 Å². The van der Waals surface area contributed by atoms with Gasteiger partial charge in [-0.3, -0.25) is 4.79 Å². The van der Waals surface area contributed by atoms with E-state index >= 15 is 0 Å². The van der Waals surface area contributed by atoms with E-state index in [0.29, 0.717) is 6.54 Å². The van der Waals surface area contributed by atoms with Crippen molar-refractivity contribution in [1.82, 2.24) is 0 Å². The van der Waals surface area contributed by atoms with E-state index in [4.69, 9.17) is 4.42 Å². The van der Waals surface area contributed by atoms with Crippen molar-refractivity contribution in [3.63, 3.8) is 0 Å². The van der Waals surface area contributed by atoms with Crippen molar-refractivity contribution in [3.05, 3.63) is 89.4 Å². The molecule has 2 aromatic carbocycles. The molecule has 0 bridgehead atoms. The lowest BCUT2D eigenvalue weighted by atomic mass is 10.0. The number of rotatable bonds is 8. The van der Waals surface area contributed by atoms with Crippen molar-refractivity contribution in [1.29, 1.82) is 0 Å². The molecule has 4 heteroatoms. The number of hydrogen-bond acceptors (Lipinski definition) is 2. The topological polar surface area (TPSA) is 58.9 Å². The quantitative estimate of drug-likeness (QED) is 0.641. The van der Waals surface area contributed by atoms with E-state index in [-0.39, 0.29) is 11.9 Å². The van der Waals surface area contributed by atoms with E-state index in [2.05, 4.69) is 49.5 Å². The van der Waals surface area contributed by atoms with Crippen LogP contribution in [-0.4, -0.2) is 12.5 Å². The summed E-state index contributed by atoms with van der Waals surface area (Å²) in [6.07, 6.45) is 3.46. The fourth-order valence-corrected chi connectivity index (χ4v) is 3.36. The van der Waals surface area contributed by atoms with E-state index in [0.717, 1.165) is 29.9 Å². The molecule has 0 aliphatic carbocycles. The molecule has 140 valence electrons. The molecule has 1 atom stereocenters. The van der Waals surface area contributed by atoms with Gasteiger partial charge < -0.3 is 15.1 Å². The monoisotopic (exact) mass is 363 g/mol. The zero-order chi connectivity index (χ0) is 19.1. The Balaban J connectivity index is 1.72. The van der Waals surface area contributed by atoms with E-state index in [1.165, 1.54) is 11.1 Å². The van der Waals surface area contributed by atoms with Gasteiger partial charge in [-0.1, -0.05) is 62.4 Å². The highest BCUT2D eigenvalue weighted by atomic mass is 16.3. The van der Waals surface area contributed by atoms with Crippen LogP contribution in [-0.2, 0) is 17.6 Å². The molecular formula is C23H27N2O2+. The van der Waals surface area contributed by atoms with Crippen molar-refractivity contribution in [3.8, 4) is 0 Å². The maximum atomic E-state index is 12.7. The molecule has 0 unspecified atom stereocenters. The highest BCUT2D eigenvalue weighted by Gasteiger charge is 2.22. The summed E-state index contributed by atoms with van der Waals surface area (Å²) in [6.45, 7) is 4.54.